The van der Waals surface area contributed by atoms with Gasteiger partial charge < -0.3 is 5.32 Å². The Morgan fingerprint density at radius 2 is 1.65 bits per heavy atom. The number of hydrogen-bond donors (Lipinski definition) is 2. The number of halogens is 3. The molecule has 160 valence electrons. The normalized spacial score (nSPS) is 12.1. The Morgan fingerprint density at radius 1 is 0.968 bits per heavy atom. The molecule has 0 bridgehead atoms. The summed E-state index contributed by atoms with van der Waals surface area (Å²) in [5.41, 5.74) is 1.03. The largest absolute Gasteiger partial charge is 0.435 e. The zero-order valence-electron chi connectivity index (χ0n) is 16.1. The van der Waals surface area contributed by atoms with Crippen LogP contribution in [-0.2, 0) is 16.2 Å². The third-order valence-electron chi connectivity index (χ3n) is 4.28. The van der Waals surface area contributed by atoms with Crippen molar-refractivity contribution in [3.8, 4) is 5.69 Å². The number of pyridine rings is 1. The molecular formula is C20H16F3N5O2S. The lowest BCUT2D eigenvalue weighted by Gasteiger charge is -2.12. The number of nitrogens with one attached hydrogen (secondary N) is 2. The number of alkyl halides is 3. The molecule has 4 rings (SSSR count). The minimum atomic E-state index is -4.54. The number of benzene rings is 2. The maximum atomic E-state index is 13.0. The summed E-state index contributed by atoms with van der Waals surface area (Å²) in [6.07, 6.45) is -2.24. The topological polar surface area (TPSA) is 88.9 Å². The zero-order valence-corrected chi connectivity index (χ0v) is 16.9. The summed E-state index contributed by atoms with van der Waals surface area (Å²) >= 11 is 0. The van der Waals surface area contributed by atoms with Gasteiger partial charge in [0, 0.05) is 29.0 Å². The predicted molar refractivity (Wildman–Crippen MR) is 112 cm³/mol. The van der Waals surface area contributed by atoms with E-state index in [2.05, 4.69) is 20.1 Å². The second kappa shape index (κ2) is 7.58. The monoisotopic (exact) mass is 447 g/mol. The fourth-order valence-corrected chi connectivity index (χ4v) is 3.57. The highest BCUT2D eigenvalue weighted by atomic mass is 32.2. The van der Waals surface area contributed by atoms with Crippen LogP contribution in [0.15, 0.2) is 66.9 Å². The van der Waals surface area contributed by atoms with E-state index in [9.17, 15) is 21.6 Å². The number of fused-ring (bicyclic) bond motifs is 1. The van der Waals surface area contributed by atoms with Gasteiger partial charge in [0.15, 0.2) is 5.69 Å². The lowest BCUT2D eigenvalue weighted by Crippen LogP contribution is -2.09. The minimum absolute atomic E-state index is 0.390. The van der Waals surface area contributed by atoms with Crippen LogP contribution in [0.2, 0.25) is 0 Å². The molecule has 0 aliphatic rings. The van der Waals surface area contributed by atoms with Crippen LogP contribution in [0.25, 0.3) is 16.6 Å². The Kier molecular flexibility index (Phi) is 5.05. The summed E-state index contributed by atoms with van der Waals surface area (Å²) in [4.78, 5) is 4.51. The molecule has 0 aliphatic heterocycles. The highest BCUT2D eigenvalue weighted by Crippen LogP contribution is 2.30. The van der Waals surface area contributed by atoms with Gasteiger partial charge in [0.25, 0.3) is 0 Å². The summed E-state index contributed by atoms with van der Waals surface area (Å²) in [5, 5.41) is 7.38. The first kappa shape index (κ1) is 20.7. The standard InChI is InChI=1S/C20H16F3N5O2S/c1-31(29,30)27-14-8-6-13(7-9-14)24-19-12-17(15-4-2-3-5-16(15)25-19)28-11-10-18(26-28)20(21,22)23/h2-12,27H,1H3,(H,24,25). The van der Waals surface area contributed by atoms with Crippen LogP contribution in [0.5, 0.6) is 0 Å². The second-order valence-electron chi connectivity index (χ2n) is 6.76. The lowest BCUT2D eigenvalue weighted by atomic mass is 10.2. The van der Waals surface area contributed by atoms with E-state index in [-0.39, 0.29) is 0 Å². The van der Waals surface area contributed by atoms with Crippen molar-refractivity contribution in [1.82, 2.24) is 14.8 Å². The van der Waals surface area contributed by atoms with E-state index in [1.54, 1.807) is 54.6 Å². The molecule has 4 aromatic rings. The number of aromatic nitrogens is 3. The van der Waals surface area contributed by atoms with Gasteiger partial charge in [0.2, 0.25) is 10.0 Å². The first-order valence-corrected chi connectivity index (χ1v) is 10.9. The Labute approximate surface area is 175 Å². The highest BCUT2D eigenvalue weighted by molar-refractivity contribution is 7.92. The molecule has 0 amide bonds. The zero-order chi connectivity index (χ0) is 22.2. The second-order valence-corrected chi connectivity index (χ2v) is 8.51. The van der Waals surface area contributed by atoms with Crippen LogP contribution in [-0.4, -0.2) is 29.4 Å². The molecule has 0 spiro atoms. The molecule has 2 N–H and O–H groups in total. The molecule has 2 aromatic carbocycles. The van der Waals surface area contributed by atoms with E-state index in [1.165, 1.54) is 6.20 Å². The van der Waals surface area contributed by atoms with Gasteiger partial charge in [0.1, 0.15) is 5.82 Å². The molecule has 2 aromatic heterocycles. The SMILES string of the molecule is CS(=O)(=O)Nc1ccc(Nc2cc(-n3ccc(C(F)(F)F)n3)c3ccccc3n2)cc1. The summed E-state index contributed by atoms with van der Waals surface area (Å²) < 4.78 is 65.1. The molecule has 0 fully saturated rings. The molecule has 0 saturated heterocycles. The molecular weight excluding hydrogens is 431 g/mol. The molecule has 2 heterocycles. The average molecular weight is 447 g/mol. The predicted octanol–water partition coefficient (Wildman–Crippen LogP) is 4.55. The maximum Gasteiger partial charge on any atom is 0.435 e. The third-order valence-corrected chi connectivity index (χ3v) is 4.89. The number of anilines is 3. The van der Waals surface area contributed by atoms with E-state index in [0.29, 0.717) is 33.8 Å². The number of para-hydroxylation sites is 1. The van der Waals surface area contributed by atoms with Crippen LogP contribution in [0.3, 0.4) is 0 Å². The molecule has 31 heavy (non-hydrogen) atoms. The molecule has 0 radical (unpaired) electrons. The molecule has 0 unspecified atom stereocenters. The van der Waals surface area contributed by atoms with E-state index >= 15 is 0 Å². The van der Waals surface area contributed by atoms with Crippen LogP contribution in [0.1, 0.15) is 5.69 Å². The van der Waals surface area contributed by atoms with Crippen LogP contribution in [0, 0.1) is 0 Å². The first-order chi connectivity index (χ1) is 14.6. The highest BCUT2D eigenvalue weighted by Gasteiger charge is 2.33. The molecule has 11 heteroatoms. The molecule has 0 atom stereocenters. The maximum absolute atomic E-state index is 13.0. The van der Waals surface area contributed by atoms with Crippen molar-refractivity contribution in [3.63, 3.8) is 0 Å². The van der Waals surface area contributed by atoms with Crippen molar-refractivity contribution in [2.24, 2.45) is 0 Å². The van der Waals surface area contributed by atoms with Crippen LogP contribution >= 0.6 is 0 Å². The smallest absolute Gasteiger partial charge is 0.340 e. The van der Waals surface area contributed by atoms with Crippen LogP contribution < -0.4 is 10.0 Å². The van der Waals surface area contributed by atoms with Crippen molar-refractivity contribution in [3.05, 3.63) is 72.6 Å². The van der Waals surface area contributed by atoms with E-state index < -0.39 is 21.9 Å². The van der Waals surface area contributed by atoms with Crippen molar-refractivity contribution in [1.29, 1.82) is 0 Å². The van der Waals surface area contributed by atoms with Gasteiger partial charge >= 0.3 is 6.18 Å². The molecule has 7 nitrogen and oxygen atoms in total. The van der Waals surface area contributed by atoms with Gasteiger partial charge in [-0.2, -0.15) is 18.3 Å². The van der Waals surface area contributed by atoms with Crippen molar-refractivity contribution >= 4 is 38.1 Å². The summed E-state index contributed by atoms with van der Waals surface area (Å²) in [7, 11) is -3.39. The Morgan fingerprint density at radius 3 is 2.29 bits per heavy atom. The van der Waals surface area contributed by atoms with Gasteiger partial charge in [-0.05, 0) is 36.4 Å². The van der Waals surface area contributed by atoms with Crippen molar-refractivity contribution < 1.29 is 21.6 Å². The average Bonchev–Trinajstić information content (AvgIpc) is 3.18. The fourth-order valence-electron chi connectivity index (χ4n) is 3.00. The van der Waals surface area contributed by atoms with Gasteiger partial charge in [0.05, 0.1) is 17.5 Å². The van der Waals surface area contributed by atoms with Gasteiger partial charge in [-0.15, -0.1) is 0 Å². The van der Waals surface area contributed by atoms with E-state index in [0.717, 1.165) is 17.0 Å². The quantitative estimate of drug-likeness (QED) is 0.468. The molecule has 0 aliphatic carbocycles. The fraction of sp³-hybridized carbons (Fsp3) is 0.100. The Bertz CT molecular complexity index is 1350. The summed E-state index contributed by atoms with van der Waals surface area (Å²) in [6, 6.07) is 16.0. The van der Waals surface area contributed by atoms with Crippen LogP contribution in [0.4, 0.5) is 30.4 Å². The third kappa shape index (κ3) is 4.77. The minimum Gasteiger partial charge on any atom is -0.340 e. The summed E-state index contributed by atoms with van der Waals surface area (Å²) in [6.45, 7) is 0. The Balaban J connectivity index is 1.70. The van der Waals surface area contributed by atoms with Crippen molar-refractivity contribution in [2.45, 2.75) is 6.18 Å². The number of sulfonamides is 1. The number of rotatable bonds is 5. The van der Waals surface area contributed by atoms with Crippen molar-refractivity contribution in [2.75, 3.05) is 16.3 Å². The first-order valence-electron chi connectivity index (χ1n) is 8.96. The van der Waals surface area contributed by atoms with Gasteiger partial charge in [-0.3, -0.25) is 4.72 Å². The lowest BCUT2D eigenvalue weighted by molar-refractivity contribution is -0.141. The van der Waals surface area contributed by atoms with Gasteiger partial charge in [-0.25, -0.2) is 18.1 Å². The number of hydrogen-bond acceptors (Lipinski definition) is 5. The number of nitrogens with zero attached hydrogens (tertiary/aromatic N) is 3. The Hall–Kier alpha value is -3.60. The van der Waals surface area contributed by atoms with E-state index in [1.807, 2.05) is 0 Å². The molecule has 0 saturated carbocycles. The summed E-state index contributed by atoms with van der Waals surface area (Å²) in [5.74, 6) is 0.390. The van der Waals surface area contributed by atoms with E-state index in [4.69, 9.17) is 0 Å². The van der Waals surface area contributed by atoms with Gasteiger partial charge in [-0.1, -0.05) is 18.2 Å².